The van der Waals surface area contributed by atoms with Gasteiger partial charge in [0.25, 0.3) is 0 Å². The van der Waals surface area contributed by atoms with Gasteiger partial charge in [-0.2, -0.15) is 0 Å². The second kappa shape index (κ2) is 63.9. The van der Waals surface area contributed by atoms with Gasteiger partial charge < -0.3 is 14.2 Å². The van der Waals surface area contributed by atoms with Crippen molar-refractivity contribution in [2.45, 2.75) is 316 Å². The molecule has 1 unspecified atom stereocenters. The summed E-state index contributed by atoms with van der Waals surface area (Å²) in [6.07, 6.45) is 85.5. The first-order valence-electron chi connectivity index (χ1n) is 32.2. The van der Waals surface area contributed by atoms with Crippen molar-refractivity contribution in [3.8, 4) is 0 Å². The number of carbonyl (C=O) groups excluding carboxylic acids is 3. The molecule has 0 spiro atoms. The lowest BCUT2D eigenvalue weighted by Gasteiger charge is -2.18. The molecule has 6 nitrogen and oxygen atoms in total. The van der Waals surface area contributed by atoms with E-state index < -0.39 is 6.10 Å². The lowest BCUT2D eigenvalue weighted by atomic mass is 10.1. The number of carbonyl (C=O) groups is 3. The summed E-state index contributed by atoms with van der Waals surface area (Å²) < 4.78 is 16.9. The van der Waals surface area contributed by atoms with Crippen LogP contribution in [0.1, 0.15) is 310 Å². The SMILES string of the molecule is CC/C=C\C/C=C\C/C=C\C/C=C\C/C=C\C/C=C\CCCCCCCCCCCCC(=O)OCC(COC(=O)CCCCCCCCCCCCC)OC(=O)CCCCCCCCC/C=C\C/C=C\CCCCCC. The predicted molar refractivity (Wildman–Crippen MR) is 330 cm³/mol. The van der Waals surface area contributed by atoms with E-state index in [4.69, 9.17) is 14.2 Å². The van der Waals surface area contributed by atoms with Crippen LogP contribution in [0.15, 0.2) is 97.2 Å². The molecule has 0 radical (unpaired) electrons. The number of hydrogen-bond acceptors (Lipinski definition) is 6. The van der Waals surface area contributed by atoms with Gasteiger partial charge in [0, 0.05) is 19.3 Å². The summed E-state index contributed by atoms with van der Waals surface area (Å²) in [6.45, 7) is 6.52. The molecule has 0 heterocycles. The largest absolute Gasteiger partial charge is 0.462 e. The second-order valence-corrected chi connectivity index (χ2v) is 21.3. The van der Waals surface area contributed by atoms with Crippen LogP contribution in [0, 0.1) is 0 Å². The zero-order valence-corrected chi connectivity index (χ0v) is 50.0. The van der Waals surface area contributed by atoms with E-state index in [-0.39, 0.29) is 31.1 Å². The number of hydrogen-bond donors (Lipinski definition) is 0. The highest BCUT2D eigenvalue weighted by Crippen LogP contribution is 2.16. The molecule has 0 amide bonds. The molecule has 76 heavy (non-hydrogen) atoms. The number of unbranched alkanes of at least 4 members (excludes halogenated alkanes) is 31. The fraction of sp³-hybridized carbons (Fsp3) is 0.729. The fourth-order valence-electron chi connectivity index (χ4n) is 9.01. The highest BCUT2D eigenvalue weighted by Gasteiger charge is 2.19. The van der Waals surface area contributed by atoms with Crippen molar-refractivity contribution in [3.63, 3.8) is 0 Å². The molecule has 0 aromatic carbocycles. The van der Waals surface area contributed by atoms with Crippen LogP contribution in [-0.4, -0.2) is 37.2 Å². The third kappa shape index (κ3) is 61.2. The first-order chi connectivity index (χ1) is 37.5. The molecule has 0 aliphatic carbocycles. The van der Waals surface area contributed by atoms with Crippen molar-refractivity contribution in [3.05, 3.63) is 97.2 Å². The van der Waals surface area contributed by atoms with Crippen molar-refractivity contribution in [2.75, 3.05) is 13.2 Å². The first-order valence-corrected chi connectivity index (χ1v) is 32.2. The van der Waals surface area contributed by atoms with Gasteiger partial charge in [0.15, 0.2) is 6.10 Å². The van der Waals surface area contributed by atoms with Crippen LogP contribution in [0.5, 0.6) is 0 Å². The van der Waals surface area contributed by atoms with Crippen LogP contribution < -0.4 is 0 Å². The van der Waals surface area contributed by atoms with Crippen molar-refractivity contribution in [1.82, 2.24) is 0 Å². The van der Waals surface area contributed by atoms with Crippen LogP contribution in [0.3, 0.4) is 0 Å². The van der Waals surface area contributed by atoms with E-state index in [1.807, 2.05) is 0 Å². The molecule has 0 aliphatic rings. The molecule has 1 atom stereocenters. The summed E-state index contributed by atoms with van der Waals surface area (Å²) >= 11 is 0. The van der Waals surface area contributed by atoms with Crippen molar-refractivity contribution < 1.29 is 28.6 Å². The molecule has 0 rings (SSSR count). The van der Waals surface area contributed by atoms with Gasteiger partial charge in [0.2, 0.25) is 0 Å². The van der Waals surface area contributed by atoms with Gasteiger partial charge in [0.1, 0.15) is 13.2 Å². The van der Waals surface area contributed by atoms with Gasteiger partial charge in [0.05, 0.1) is 0 Å². The molecule has 6 heteroatoms. The molecule has 0 bridgehead atoms. The Morgan fingerprint density at radius 1 is 0.276 bits per heavy atom. The van der Waals surface area contributed by atoms with Gasteiger partial charge in [-0.15, -0.1) is 0 Å². The van der Waals surface area contributed by atoms with Crippen LogP contribution in [0.2, 0.25) is 0 Å². The number of ether oxygens (including phenoxy) is 3. The zero-order chi connectivity index (χ0) is 55.0. The predicted octanol–water partition coefficient (Wildman–Crippen LogP) is 22.0. The lowest BCUT2D eigenvalue weighted by Crippen LogP contribution is -2.30. The number of esters is 3. The highest BCUT2D eigenvalue weighted by molar-refractivity contribution is 5.71. The van der Waals surface area contributed by atoms with Crippen LogP contribution in [0.25, 0.3) is 0 Å². The maximum absolute atomic E-state index is 12.9. The quantitative estimate of drug-likeness (QED) is 0.0261. The number of rotatable bonds is 58. The molecule has 0 N–H and O–H groups in total. The van der Waals surface area contributed by atoms with E-state index >= 15 is 0 Å². The zero-order valence-electron chi connectivity index (χ0n) is 50.0. The molecular formula is C70H120O6. The normalized spacial score (nSPS) is 12.7. The van der Waals surface area contributed by atoms with Gasteiger partial charge in [-0.1, -0.05) is 285 Å². The molecule has 0 fully saturated rings. The summed E-state index contributed by atoms with van der Waals surface area (Å²) in [5.41, 5.74) is 0. The lowest BCUT2D eigenvalue weighted by molar-refractivity contribution is -0.167. The third-order valence-electron chi connectivity index (χ3n) is 13.8. The summed E-state index contributed by atoms with van der Waals surface area (Å²) in [4.78, 5) is 38.2. The van der Waals surface area contributed by atoms with Crippen LogP contribution in [0.4, 0.5) is 0 Å². The molecule has 436 valence electrons. The summed E-state index contributed by atoms with van der Waals surface area (Å²) in [6, 6.07) is 0. The molecule has 0 saturated heterocycles. The van der Waals surface area contributed by atoms with E-state index in [1.54, 1.807) is 0 Å². The molecular weight excluding hydrogens is 937 g/mol. The maximum atomic E-state index is 12.9. The van der Waals surface area contributed by atoms with Gasteiger partial charge in [-0.05, 0) is 103 Å². The van der Waals surface area contributed by atoms with Gasteiger partial charge in [-0.3, -0.25) is 14.4 Å². The highest BCUT2D eigenvalue weighted by atomic mass is 16.6. The standard InChI is InChI=1S/C70H120O6/c1-4-7-10-13-16-19-22-24-26-28-30-31-32-33-34-35-36-37-38-39-40-42-43-45-48-51-54-57-60-63-69(72)75-66-67(65-74-68(71)62-59-56-53-50-47-21-18-15-12-9-6-3)76-70(73)64-61-58-55-52-49-46-44-41-29-27-25-23-20-17-14-11-8-5-2/h7,10,16,19-20,23-24,26-27,29-31,33-34,36-37,67H,4-6,8-9,11-15,17-18,21-22,25,28,32,35,38-66H2,1-3H3/b10-7-,19-16-,23-20-,26-24-,29-27-,31-30-,34-33-,37-36-. The Hall–Kier alpha value is -3.67. The molecule has 0 aromatic rings. The van der Waals surface area contributed by atoms with E-state index in [0.717, 1.165) is 109 Å². The monoisotopic (exact) mass is 1060 g/mol. The molecule has 0 saturated carbocycles. The summed E-state index contributed by atoms with van der Waals surface area (Å²) in [7, 11) is 0. The third-order valence-corrected chi connectivity index (χ3v) is 13.8. The minimum Gasteiger partial charge on any atom is -0.462 e. The Morgan fingerprint density at radius 2 is 0.513 bits per heavy atom. The topological polar surface area (TPSA) is 78.9 Å². The Morgan fingerprint density at radius 3 is 0.816 bits per heavy atom. The van der Waals surface area contributed by atoms with Gasteiger partial charge >= 0.3 is 17.9 Å². The number of allylic oxidation sites excluding steroid dienone is 16. The molecule has 0 aromatic heterocycles. The average Bonchev–Trinajstić information content (AvgIpc) is 3.42. The van der Waals surface area contributed by atoms with E-state index in [2.05, 4.69) is 118 Å². The Balaban J connectivity index is 4.26. The fourth-order valence-corrected chi connectivity index (χ4v) is 9.01. The van der Waals surface area contributed by atoms with E-state index in [0.29, 0.717) is 19.3 Å². The second-order valence-electron chi connectivity index (χ2n) is 21.3. The van der Waals surface area contributed by atoms with Crippen LogP contribution in [-0.2, 0) is 28.6 Å². The summed E-state index contributed by atoms with van der Waals surface area (Å²) in [5, 5.41) is 0. The van der Waals surface area contributed by atoms with Crippen molar-refractivity contribution in [2.24, 2.45) is 0 Å². The molecule has 0 aliphatic heterocycles. The maximum Gasteiger partial charge on any atom is 0.306 e. The minimum absolute atomic E-state index is 0.0790. The first kappa shape index (κ1) is 72.3. The minimum atomic E-state index is -0.782. The Bertz CT molecular complexity index is 1490. The van der Waals surface area contributed by atoms with E-state index in [1.165, 1.54) is 161 Å². The van der Waals surface area contributed by atoms with Crippen molar-refractivity contribution >= 4 is 17.9 Å². The smallest absolute Gasteiger partial charge is 0.306 e. The average molecular weight is 1060 g/mol. The Labute approximate surface area is 470 Å². The van der Waals surface area contributed by atoms with E-state index in [9.17, 15) is 14.4 Å². The van der Waals surface area contributed by atoms with Crippen molar-refractivity contribution in [1.29, 1.82) is 0 Å². The summed E-state index contributed by atoms with van der Waals surface area (Å²) in [5.74, 6) is -0.882. The van der Waals surface area contributed by atoms with Gasteiger partial charge in [-0.25, -0.2) is 0 Å². The van der Waals surface area contributed by atoms with Crippen LogP contribution >= 0.6 is 0 Å². The Kier molecular flexibility index (Phi) is 60.8.